The first-order valence-electron chi connectivity index (χ1n) is 5.01. The van der Waals surface area contributed by atoms with Gasteiger partial charge in [0.15, 0.2) is 0 Å². The molecule has 0 aliphatic carbocycles. The molecule has 2 unspecified atom stereocenters. The Labute approximate surface area is 85.2 Å². The summed E-state index contributed by atoms with van der Waals surface area (Å²) in [6, 6.07) is 7.97. The molecule has 14 heavy (non-hydrogen) atoms. The second-order valence-corrected chi connectivity index (χ2v) is 3.80. The second-order valence-electron chi connectivity index (χ2n) is 3.80. The largest absolute Gasteiger partial charge is 0.396 e. The monoisotopic (exact) mass is 194 g/mol. The van der Waals surface area contributed by atoms with Gasteiger partial charge in [0.05, 0.1) is 0 Å². The van der Waals surface area contributed by atoms with E-state index in [0.29, 0.717) is 0 Å². The summed E-state index contributed by atoms with van der Waals surface area (Å²) in [6.45, 7) is 4.27. The van der Waals surface area contributed by atoms with Crippen LogP contribution in [0.4, 0.5) is 0 Å². The minimum Gasteiger partial charge on any atom is -0.396 e. The van der Waals surface area contributed by atoms with Crippen LogP contribution in [0.3, 0.4) is 0 Å². The molecule has 1 rings (SSSR count). The third-order valence-electron chi connectivity index (χ3n) is 2.61. The van der Waals surface area contributed by atoms with Crippen LogP contribution >= 0.6 is 0 Å². The van der Waals surface area contributed by atoms with Gasteiger partial charge in [0, 0.05) is 25.0 Å². The Morgan fingerprint density at radius 2 is 1.29 bits per heavy atom. The summed E-state index contributed by atoms with van der Waals surface area (Å²) in [6.07, 6.45) is 0. The molecule has 78 valence electrons. The Hall–Kier alpha value is -0.860. The summed E-state index contributed by atoms with van der Waals surface area (Å²) in [4.78, 5) is 0. The number of aliphatic hydroxyl groups excluding tert-OH is 2. The minimum absolute atomic E-state index is 0.139. The Morgan fingerprint density at radius 3 is 1.57 bits per heavy atom. The molecule has 0 radical (unpaired) electrons. The summed E-state index contributed by atoms with van der Waals surface area (Å²) in [5.41, 5.74) is 2.27. The highest BCUT2D eigenvalue weighted by atomic mass is 16.3. The minimum atomic E-state index is 0.139. The third-order valence-corrected chi connectivity index (χ3v) is 2.61. The zero-order chi connectivity index (χ0) is 10.6. The maximum atomic E-state index is 9.10. The van der Waals surface area contributed by atoms with Crippen molar-refractivity contribution in [1.29, 1.82) is 0 Å². The van der Waals surface area contributed by atoms with Crippen molar-refractivity contribution in [2.45, 2.75) is 25.7 Å². The molecule has 0 amide bonds. The zero-order valence-electron chi connectivity index (χ0n) is 8.77. The van der Waals surface area contributed by atoms with Crippen molar-refractivity contribution in [3.63, 3.8) is 0 Å². The van der Waals surface area contributed by atoms with Gasteiger partial charge in [-0.25, -0.2) is 0 Å². The van der Waals surface area contributed by atoms with Gasteiger partial charge in [-0.05, 0) is 11.1 Å². The Balaban J connectivity index is 3.02. The Morgan fingerprint density at radius 1 is 0.929 bits per heavy atom. The lowest BCUT2D eigenvalue weighted by Crippen LogP contribution is -2.07. The van der Waals surface area contributed by atoms with E-state index >= 15 is 0 Å². The lowest BCUT2D eigenvalue weighted by molar-refractivity contribution is 0.263. The standard InChI is InChI=1S/C12H18O2/c1-9(7-13)11-5-3-4-6-12(11)10(2)8-14/h3-6,9-10,13-14H,7-8H2,1-2H3. The molecule has 0 saturated carbocycles. The fourth-order valence-corrected chi connectivity index (χ4v) is 1.61. The number of benzene rings is 1. The van der Waals surface area contributed by atoms with Crippen molar-refractivity contribution in [2.24, 2.45) is 0 Å². The van der Waals surface area contributed by atoms with Crippen LogP contribution in [-0.2, 0) is 0 Å². The summed E-state index contributed by atoms with van der Waals surface area (Å²) in [5.74, 6) is 0.278. The Bertz CT molecular complexity index is 254. The molecule has 0 aromatic heterocycles. The fraction of sp³-hybridized carbons (Fsp3) is 0.500. The summed E-state index contributed by atoms with van der Waals surface area (Å²) in [7, 11) is 0. The molecule has 1 aromatic carbocycles. The summed E-state index contributed by atoms with van der Waals surface area (Å²) in [5, 5.41) is 18.2. The molecule has 0 heterocycles. The van der Waals surface area contributed by atoms with Crippen molar-refractivity contribution in [1.82, 2.24) is 0 Å². The highest BCUT2D eigenvalue weighted by molar-refractivity contribution is 5.32. The van der Waals surface area contributed by atoms with Gasteiger partial charge < -0.3 is 10.2 Å². The predicted octanol–water partition coefficient (Wildman–Crippen LogP) is 1.88. The fourth-order valence-electron chi connectivity index (χ4n) is 1.61. The molecule has 1 aromatic rings. The number of hydrogen-bond donors (Lipinski definition) is 2. The highest BCUT2D eigenvalue weighted by Gasteiger charge is 2.13. The molecule has 2 atom stereocenters. The van der Waals surface area contributed by atoms with Gasteiger partial charge >= 0.3 is 0 Å². The first-order valence-corrected chi connectivity index (χ1v) is 5.01. The van der Waals surface area contributed by atoms with Gasteiger partial charge in [-0.1, -0.05) is 38.1 Å². The van der Waals surface area contributed by atoms with Crippen molar-refractivity contribution in [3.8, 4) is 0 Å². The van der Waals surface area contributed by atoms with E-state index in [4.69, 9.17) is 10.2 Å². The third kappa shape index (κ3) is 2.34. The van der Waals surface area contributed by atoms with Gasteiger partial charge in [0.2, 0.25) is 0 Å². The van der Waals surface area contributed by atoms with Gasteiger partial charge in [-0.3, -0.25) is 0 Å². The lowest BCUT2D eigenvalue weighted by Gasteiger charge is -2.17. The van der Waals surface area contributed by atoms with Crippen LogP contribution in [0.15, 0.2) is 24.3 Å². The van der Waals surface area contributed by atoms with Crippen LogP contribution in [0.25, 0.3) is 0 Å². The van der Waals surface area contributed by atoms with Crippen LogP contribution in [0.2, 0.25) is 0 Å². The molecule has 0 saturated heterocycles. The van der Waals surface area contributed by atoms with E-state index in [1.54, 1.807) is 0 Å². The first-order chi connectivity index (χ1) is 6.70. The van der Waals surface area contributed by atoms with E-state index in [1.807, 2.05) is 38.1 Å². The van der Waals surface area contributed by atoms with Crippen LogP contribution in [0, 0.1) is 0 Å². The summed E-state index contributed by atoms with van der Waals surface area (Å²) >= 11 is 0. The molecule has 0 fully saturated rings. The summed E-state index contributed by atoms with van der Waals surface area (Å²) < 4.78 is 0. The van der Waals surface area contributed by atoms with Crippen molar-refractivity contribution < 1.29 is 10.2 Å². The highest BCUT2D eigenvalue weighted by Crippen LogP contribution is 2.25. The quantitative estimate of drug-likeness (QED) is 0.768. The Kier molecular flexibility index (Phi) is 4.11. The number of rotatable bonds is 4. The number of aliphatic hydroxyl groups is 2. The molecule has 0 spiro atoms. The molecular formula is C12H18O2. The van der Waals surface area contributed by atoms with Crippen molar-refractivity contribution >= 4 is 0 Å². The first kappa shape index (κ1) is 11.2. The lowest BCUT2D eigenvalue weighted by atomic mass is 9.90. The van der Waals surface area contributed by atoms with Crippen LogP contribution < -0.4 is 0 Å². The van der Waals surface area contributed by atoms with E-state index in [9.17, 15) is 0 Å². The molecule has 2 heteroatoms. The maximum absolute atomic E-state index is 9.10. The predicted molar refractivity (Wildman–Crippen MR) is 57.4 cm³/mol. The van der Waals surface area contributed by atoms with Crippen molar-refractivity contribution in [3.05, 3.63) is 35.4 Å². The van der Waals surface area contributed by atoms with Crippen molar-refractivity contribution in [2.75, 3.05) is 13.2 Å². The zero-order valence-corrected chi connectivity index (χ0v) is 8.77. The molecule has 2 N–H and O–H groups in total. The molecule has 0 bridgehead atoms. The normalized spacial score (nSPS) is 15.1. The average Bonchev–Trinajstić information content (AvgIpc) is 2.27. The smallest absolute Gasteiger partial charge is 0.0497 e. The van der Waals surface area contributed by atoms with Gasteiger partial charge in [-0.2, -0.15) is 0 Å². The van der Waals surface area contributed by atoms with E-state index in [-0.39, 0.29) is 25.0 Å². The second kappa shape index (κ2) is 5.13. The molecule has 0 aliphatic rings. The SMILES string of the molecule is CC(CO)c1ccccc1C(C)CO. The van der Waals surface area contributed by atoms with Gasteiger partial charge in [-0.15, -0.1) is 0 Å². The van der Waals surface area contributed by atoms with E-state index in [0.717, 1.165) is 11.1 Å². The van der Waals surface area contributed by atoms with E-state index in [2.05, 4.69) is 0 Å². The van der Waals surface area contributed by atoms with Crippen LogP contribution in [0.5, 0.6) is 0 Å². The number of hydrogen-bond acceptors (Lipinski definition) is 2. The van der Waals surface area contributed by atoms with Crippen LogP contribution in [0.1, 0.15) is 36.8 Å². The molecule has 0 aliphatic heterocycles. The van der Waals surface area contributed by atoms with Crippen LogP contribution in [-0.4, -0.2) is 23.4 Å². The average molecular weight is 194 g/mol. The topological polar surface area (TPSA) is 40.5 Å². The van der Waals surface area contributed by atoms with E-state index < -0.39 is 0 Å². The molecular weight excluding hydrogens is 176 g/mol. The van der Waals surface area contributed by atoms with Gasteiger partial charge in [0.1, 0.15) is 0 Å². The molecule has 2 nitrogen and oxygen atoms in total. The maximum Gasteiger partial charge on any atom is 0.0497 e. The van der Waals surface area contributed by atoms with E-state index in [1.165, 1.54) is 0 Å². The van der Waals surface area contributed by atoms with Gasteiger partial charge in [0.25, 0.3) is 0 Å².